The largest absolute Gasteiger partial charge is 0.0776 e. The minimum absolute atomic E-state index is 0. The van der Waals surface area contributed by atoms with E-state index in [2.05, 4.69) is 0 Å². The van der Waals surface area contributed by atoms with Crippen molar-refractivity contribution in [3.63, 3.8) is 0 Å². The van der Waals surface area contributed by atoms with Crippen LogP contribution in [-0.4, -0.2) is 0 Å². The van der Waals surface area contributed by atoms with Crippen LogP contribution in [-0.2, 0) is 0 Å². The Hall–Kier alpha value is 0. The lowest BCUT2D eigenvalue weighted by Crippen LogP contribution is -0.856. The summed E-state index contributed by atoms with van der Waals surface area (Å²) in [5.41, 5.74) is 0. The predicted octanol–water partition coefficient (Wildman–Crippen LogP) is 7.92. The van der Waals surface area contributed by atoms with E-state index in [-0.39, 0.29) is 66.8 Å². The zero-order valence-electron chi connectivity index (χ0n) is 4.12. The zero-order valence-corrected chi connectivity index (χ0v) is 4.12. The fourth-order valence-corrected chi connectivity index (χ4v) is 0. The van der Waals surface area contributed by atoms with Gasteiger partial charge in [0.2, 0.25) is 0 Å². The maximum Gasteiger partial charge on any atom is -0.0533 e. The molecule has 0 heteroatoms. The summed E-state index contributed by atoms with van der Waals surface area (Å²) in [6.45, 7) is 4.00. The van der Waals surface area contributed by atoms with Crippen molar-refractivity contribution in [3.05, 3.63) is 0 Å². The van der Waals surface area contributed by atoms with E-state index in [1.165, 1.54) is 19.3 Å². The van der Waals surface area contributed by atoms with Gasteiger partial charge in [0, 0.05) is 0 Å². The van der Waals surface area contributed by atoms with Gasteiger partial charge in [-0.3, -0.25) is 0 Å². The molecular weight excluding hydrogens is 168 g/mol. The van der Waals surface area contributed by atoms with Gasteiger partial charge in [0.25, 0.3) is 0 Å². The van der Waals surface area contributed by atoms with Crippen molar-refractivity contribution in [3.8, 4) is 0 Å². The molecule has 0 radical (unpaired) electrons. The molecule has 0 aliphatic heterocycles. The molecule has 0 saturated heterocycles. The third-order valence-electron chi connectivity index (χ3n) is 0.354. The number of rotatable bonds is 0. The molecule has 0 unspecified atom stereocenters. The molecule has 1 rings (SSSR count). The Labute approximate surface area is 101 Å². The fraction of sp³-hybridized carbons (Fsp3) is 1.00. The van der Waals surface area contributed by atoms with Crippen molar-refractivity contribution < 1.29 is 0 Å². The van der Waals surface area contributed by atoms with Crippen molar-refractivity contribution in [2.45, 2.75) is 99.9 Å². The first-order valence-electron chi connectivity index (χ1n) is 2.50. The highest BCUT2D eigenvalue weighted by Gasteiger charge is 1.95. The van der Waals surface area contributed by atoms with Gasteiger partial charge in [-0.15, -0.1) is 0 Å². The summed E-state index contributed by atoms with van der Waals surface area (Å²) in [4.78, 5) is 0. The van der Waals surface area contributed by atoms with Gasteiger partial charge >= 0.3 is 0 Å². The smallest absolute Gasteiger partial charge is 0.0533 e. The van der Waals surface area contributed by atoms with Gasteiger partial charge in [-0.1, -0.05) is 99.9 Å². The van der Waals surface area contributed by atoms with Crippen LogP contribution in [0.3, 0.4) is 0 Å². The molecule has 1 aliphatic carbocycles. The van der Waals surface area contributed by atoms with E-state index in [1.807, 2.05) is 13.8 Å². The van der Waals surface area contributed by atoms with Crippen LogP contribution in [0.5, 0.6) is 0 Å². The lowest BCUT2D eigenvalue weighted by molar-refractivity contribution is 1.50. The molecule has 1 fully saturated rings. The molecule has 0 N–H and O–H groups in total. The second kappa shape index (κ2) is 208. The molecule has 0 nitrogen and oxygen atoms in total. The van der Waals surface area contributed by atoms with E-state index in [0.29, 0.717) is 0 Å². The number of hydrogen-bond acceptors (Lipinski definition) is 0. The van der Waals surface area contributed by atoms with Crippen LogP contribution in [0, 0.1) is 0 Å². The van der Waals surface area contributed by atoms with Gasteiger partial charge < -0.3 is 0 Å². The van der Waals surface area contributed by atoms with Crippen LogP contribution in [0.2, 0.25) is 0 Å². The Balaban J connectivity index is -0.00000000178. The molecule has 0 aromatic carbocycles. The summed E-state index contributed by atoms with van der Waals surface area (Å²) in [5.74, 6) is 0. The highest BCUT2D eigenvalue weighted by Crippen LogP contribution is 2.14. The molecule has 1 saturated carbocycles. The van der Waals surface area contributed by atoms with Gasteiger partial charge in [0.05, 0.1) is 0 Å². The van der Waals surface area contributed by atoms with E-state index in [0.717, 1.165) is 0 Å². The summed E-state index contributed by atoms with van der Waals surface area (Å²) >= 11 is 0. The maximum atomic E-state index is 2.00. The standard InChI is InChI=1S/C3H6.C2H6.9CH4/c1-2-3-1;1-2;;;;;;;;;/h1-3H2;1-2H3;9*1H4. The molecular formula is C14H48. The highest BCUT2D eigenvalue weighted by molar-refractivity contribution is 4.50. The maximum absolute atomic E-state index is 2.00. The molecule has 14 heavy (non-hydrogen) atoms. The van der Waals surface area contributed by atoms with Crippen LogP contribution in [0.15, 0.2) is 0 Å². The summed E-state index contributed by atoms with van der Waals surface area (Å²) < 4.78 is 0. The Kier molecular flexibility index (Phi) is 2200. The average molecular weight is 217 g/mol. The van der Waals surface area contributed by atoms with Gasteiger partial charge in [-0.05, 0) is 0 Å². The summed E-state index contributed by atoms with van der Waals surface area (Å²) in [6.07, 6.45) is 4.50. The van der Waals surface area contributed by atoms with E-state index in [4.69, 9.17) is 0 Å². The van der Waals surface area contributed by atoms with Crippen molar-refractivity contribution >= 4 is 0 Å². The fourth-order valence-electron chi connectivity index (χ4n) is 0. The average Bonchev–Trinajstić information content (AvgIpc) is 2.19. The lowest BCUT2D eigenvalue weighted by Gasteiger charge is -1.07. The van der Waals surface area contributed by atoms with Gasteiger partial charge in [0.15, 0.2) is 0 Å². The molecule has 104 valence electrons. The second-order valence-electron chi connectivity index (χ2n) is 1.06. The summed E-state index contributed by atoms with van der Waals surface area (Å²) in [7, 11) is 0. The lowest BCUT2D eigenvalue weighted by atomic mass is 11.0. The molecule has 0 atom stereocenters. The second-order valence-corrected chi connectivity index (χ2v) is 1.06. The van der Waals surface area contributed by atoms with Crippen LogP contribution >= 0.6 is 0 Å². The first kappa shape index (κ1) is 148. The Bertz CT molecular complexity index is 4.75. The summed E-state index contributed by atoms with van der Waals surface area (Å²) in [6, 6.07) is 0. The first-order chi connectivity index (χ1) is 2.50. The van der Waals surface area contributed by atoms with Crippen molar-refractivity contribution in [1.82, 2.24) is 0 Å². The van der Waals surface area contributed by atoms with Crippen molar-refractivity contribution in [2.24, 2.45) is 0 Å². The van der Waals surface area contributed by atoms with E-state index < -0.39 is 0 Å². The van der Waals surface area contributed by atoms with Crippen molar-refractivity contribution in [1.29, 1.82) is 0 Å². The third kappa shape index (κ3) is 1450. The van der Waals surface area contributed by atoms with Gasteiger partial charge in [-0.2, -0.15) is 0 Å². The predicted molar refractivity (Wildman–Crippen MR) is 85.8 cm³/mol. The zero-order chi connectivity index (χ0) is 4.12. The minimum Gasteiger partial charge on any atom is -0.0776 e. The minimum atomic E-state index is 0. The molecule has 0 spiro atoms. The highest BCUT2D eigenvalue weighted by atomic mass is 14.0. The van der Waals surface area contributed by atoms with E-state index in [9.17, 15) is 0 Å². The van der Waals surface area contributed by atoms with Crippen LogP contribution < -0.4 is 0 Å². The normalized spacial score (nSPS) is 5.57. The molecule has 1 aliphatic rings. The Morgan fingerprint density at radius 2 is 0.429 bits per heavy atom. The topological polar surface area (TPSA) is 0 Å². The molecule has 0 bridgehead atoms. The van der Waals surface area contributed by atoms with E-state index in [1.54, 1.807) is 0 Å². The SMILES string of the molecule is C.C.C.C.C.C.C.C.C.C1CC1.CC. The van der Waals surface area contributed by atoms with Crippen LogP contribution in [0.4, 0.5) is 0 Å². The first-order valence-corrected chi connectivity index (χ1v) is 2.50. The van der Waals surface area contributed by atoms with Gasteiger partial charge in [-0.25, -0.2) is 0 Å². The van der Waals surface area contributed by atoms with Crippen molar-refractivity contribution in [2.75, 3.05) is 0 Å². The quantitative estimate of drug-likeness (QED) is 0.386. The Morgan fingerprint density at radius 1 is 0.357 bits per heavy atom. The van der Waals surface area contributed by atoms with Crippen LogP contribution in [0.25, 0.3) is 0 Å². The number of hydrogen-bond donors (Lipinski definition) is 0. The molecule has 0 amide bonds. The van der Waals surface area contributed by atoms with E-state index >= 15 is 0 Å². The van der Waals surface area contributed by atoms with Gasteiger partial charge in [0.1, 0.15) is 0 Å². The monoisotopic (exact) mass is 216 g/mol. The molecule has 0 aromatic heterocycles. The Morgan fingerprint density at radius 3 is 0.429 bits per heavy atom. The third-order valence-corrected chi connectivity index (χ3v) is 0.354. The van der Waals surface area contributed by atoms with Crippen LogP contribution in [0.1, 0.15) is 99.9 Å². The molecule has 0 aromatic rings. The summed E-state index contributed by atoms with van der Waals surface area (Å²) in [5, 5.41) is 0. The molecule has 0 heterocycles.